The van der Waals surface area contributed by atoms with E-state index in [1.165, 1.54) is 16.7 Å². The summed E-state index contributed by atoms with van der Waals surface area (Å²) in [7, 11) is 0. The van der Waals surface area contributed by atoms with Crippen molar-refractivity contribution in [3.05, 3.63) is 76.3 Å². The average molecular weight is 359 g/mol. The maximum absolute atomic E-state index is 9.25. The average Bonchev–Trinajstić information content (AvgIpc) is 2.56. The van der Waals surface area contributed by atoms with Crippen LogP contribution in [0.1, 0.15) is 31.7 Å². The van der Waals surface area contributed by atoms with Crippen LogP contribution in [0.25, 0.3) is 5.57 Å². The quantitative estimate of drug-likeness (QED) is 0.648. The van der Waals surface area contributed by atoms with E-state index in [1.807, 2.05) is 0 Å². The lowest BCUT2D eigenvalue weighted by molar-refractivity contribution is 0.287. The summed E-state index contributed by atoms with van der Waals surface area (Å²) in [6.45, 7) is 2.29. The molecule has 0 radical (unpaired) electrons. The highest BCUT2D eigenvalue weighted by Crippen LogP contribution is 2.33. The van der Waals surface area contributed by atoms with Crippen molar-refractivity contribution in [2.45, 2.75) is 26.2 Å². The number of rotatable bonds is 6. The molecule has 1 aromatic carbocycles. The van der Waals surface area contributed by atoms with Crippen LogP contribution in [0.5, 0.6) is 0 Å². The van der Waals surface area contributed by atoms with Gasteiger partial charge in [-0.2, -0.15) is 0 Å². The lowest BCUT2D eigenvalue weighted by Gasteiger charge is -2.21. The predicted molar refractivity (Wildman–Crippen MR) is 98.6 cm³/mol. The minimum atomic E-state index is 0.235. The van der Waals surface area contributed by atoms with E-state index >= 15 is 0 Å². The molecule has 0 amide bonds. The molecule has 0 unspecified atom stereocenters. The lowest BCUT2D eigenvalue weighted by atomic mass is 9.84. The standard InChI is InChI=1S/C20H23BrO/c1-2-7-19(17-11-13-18(21)14-12-17)20(10-6-15-22)16-8-4-3-5-9-16/h2-5,7-8,11-14,16,22H,6,9-10,15H2,1H3/b7-2+,20-19+/t16-/m1/s1. The molecule has 0 saturated heterocycles. The molecule has 1 aromatic rings. The minimum absolute atomic E-state index is 0.235. The second-order valence-electron chi connectivity index (χ2n) is 5.43. The molecular weight excluding hydrogens is 336 g/mol. The predicted octanol–water partition coefficient (Wildman–Crippen LogP) is 5.68. The van der Waals surface area contributed by atoms with Gasteiger partial charge in [0.05, 0.1) is 0 Å². The zero-order valence-electron chi connectivity index (χ0n) is 13.0. The summed E-state index contributed by atoms with van der Waals surface area (Å²) in [5.41, 5.74) is 3.93. The third kappa shape index (κ3) is 4.56. The number of halogens is 1. The third-order valence-corrected chi connectivity index (χ3v) is 4.40. The SMILES string of the molecule is C/C=C/C(=C(/CCCO)[C@@H]1C=CC=CC1)c1ccc(Br)cc1. The Bertz CT molecular complexity index is 591. The van der Waals surface area contributed by atoms with Crippen molar-refractivity contribution < 1.29 is 5.11 Å². The molecule has 1 aliphatic rings. The van der Waals surface area contributed by atoms with Gasteiger partial charge in [-0.05, 0) is 49.5 Å². The van der Waals surface area contributed by atoms with Gasteiger partial charge < -0.3 is 5.11 Å². The first-order valence-corrected chi connectivity index (χ1v) is 8.61. The molecule has 2 heteroatoms. The van der Waals surface area contributed by atoms with E-state index in [1.54, 1.807) is 0 Å². The molecule has 1 aliphatic carbocycles. The van der Waals surface area contributed by atoms with Crippen LogP contribution in [0.4, 0.5) is 0 Å². The first-order valence-electron chi connectivity index (χ1n) is 7.82. The summed E-state index contributed by atoms with van der Waals surface area (Å²) in [6, 6.07) is 8.47. The first kappa shape index (κ1) is 17.0. The Balaban J connectivity index is 2.46. The van der Waals surface area contributed by atoms with Crippen LogP contribution >= 0.6 is 15.9 Å². The molecule has 1 atom stereocenters. The molecule has 2 rings (SSSR count). The van der Waals surface area contributed by atoms with Crippen LogP contribution in [0, 0.1) is 5.92 Å². The van der Waals surface area contributed by atoms with Crippen LogP contribution in [0.15, 0.2) is 70.8 Å². The molecule has 0 spiro atoms. The van der Waals surface area contributed by atoms with Gasteiger partial charge in [-0.15, -0.1) is 0 Å². The largest absolute Gasteiger partial charge is 0.396 e. The summed E-state index contributed by atoms with van der Waals surface area (Å²) in [6.07, 6.45) is 15.8. The fourth-order valence-corrected chi connectivity index (χ4v) is 3.08. The molecular formula is C20H23BrO. The van der Waals surface area contributed by atoms with Crippen LogP contribution in [-0.4, -0.2) is 11.7 Å². The number of hydrogen-bond acceptors (Lipinski definition) is 1. The second kappa shape index (κ2) is 8.92. The molecule has 0 aliphatic heterocycles. The van der Waals surface area contributed by atoms with Gasteiger partial charge in [0.1, 0.15) is 0 Å². The number of aliphatic hydroxyl groups excluding tert-OH is 1. The van der Waals surface area contributed by atoms with Crippen molar-refractivity contribution in [2.75, 3.05) is 6.61 Å². The van der Waals surface area contributed by atoms with E-state index in [9.17, 15) is 5.11 Å². The smallest absolute Gasteiger partial charge is 0.0434 e. The number of hydrogen-bond donors (Lipinski definition) is 1. The third-order valence-electron chi connectivity index (χ3n) is 3.87. The Hall–Kier alpha value is -1.38. The van der Waals surface area contributed by atoms with Crippen molar-refractivity contribution in [3.8, 4) is 0 Å². The minimum Gasteiger partial charge on any atom is -0.396 e. The van der Waals surface area contributed by atoms with Gasteiger partial charge in [0.2, 0.25) is 0 Å². The maximum atomic E-state index is 9.25. The summed E-state index contributed by atoms with van der Waals surface area (Å²) in [5, 5.41) is 9.25. The maximum Gasteiger partial charge on any atom is 0.0434 e. The molecule has 1 nitrogen and oxygen atoms in total. The first-order chi connectivity index (χ1) is 10.8. The highest BCUT2D eigenvalue weighted by Gasteiger charge is 2.16. The molecule has 0 aromatic heterocycles. The highest BCUT2D eigenvalue weighted by atomic mass is 79.9. The molecule has 22 heavy (non-hydrogen) atoms. The summed E-state index contributed by atoms with van der Waals surface area (Å²) < 4.78 is 1.09. The van der Waals surface area contributed by atoms with E-state index in [0.717, 1.165) is 23.7 Å². The normalized spacial score (nSPS) is 18.8. The van der Waals surface area contributed by atoms with E-state index < -0.39 is 0 Å². The summed E-state index contributed by atoms with van der Waals surface area (Å²) >= 11 is 3.50. The van der Waals surface area contributed by atoms with Crippen LogP contribution in [0.3, 0.4) is 0 Å². The van der Waals surface area contributed by atoms with Crippen LogP contribution < -0.4 is 0 Å². The van der Waals surface area contributed by atoms with Crippen molar-refractivity contribution in [3.63, 3.8) is 0 Å². The van der Waals surface area contributed by atoms with E-state index in [0.29, 0.717) is 5.92 Å². The van der Waals surface area contributed by atoms with Crippen LogP contribution in [0.2, 0.25) is 0 Å². The van der Waals surface area contributed by atoms with Gasteiger partial charge in [0.15, 0.2) is 0 Å². The highest BCUT2D eigenvalue weighted by molar-refractivity contribution is 9.10. The molecule has 116 valence electrons. The summed E-state index contributed by atoms with van der Waals surface area (Å²) in [4.78, 5) is 0. The lowest BCUT2D eigenvalue weighted by Crippen LogP contribution is -2.06. The molecule has 1 N–H and O–H groups in total. The Labute approximate surface area is 141 Å². The molecule has 0 heterocycles. The van der Waals surface area contributed by atoms with Crippen molar-refractivity contribution >= 4 is 21.5 Å². The van der Waals surface area contributed by atoms with Gasteiger partial charge in [-0.3, -0.25) is 0 Å². The fourth-order valence-electron chi connectivity index (χ4n) is 2.81. The van der Waals surface area contributed by atoms with Crippen LogP contribution in [-0.2, 0) is 0 Å². The topological polar surface area (TPSA) is 20.2 Å². The second-order valence-corrected chi connectivity index (χ2v) is 6.34. The van der Waals surface area contributed by atoms with E-state index in [2.05, 4.69) is 83.6 Å². The van der Waals surface area contributed by atoms with E-state index in [-0.39, 0.29) is 6.61 Å². The fraction of sp³-hybridized carbons (Fsp3) is 0.300. The number of benzene rings is 1. The Kier molecular flexibility index (Phi) is 6.88. The van der Waals surface area contributed by atoms with Gasteiger partial charge in [0, 0.05) is 17.0 Å². The molecule has 0 bridgehead atoms. The van der Waals surface area contributed by atoms with Crippen molar-refractivity contribution in [2.24, 2.45) is 5.92 Å². The zero-order valence-corrected chi connectivity index (χ0v) is 14.6. The Morgan fingerprint density at radius 1 is 1.27 bits per heavy atom. The molecule has 0 fully saturated rings. The van der Waals surface area contributed by atoms with E-state index in [4.69, 9.17) is 0 Å². The Morgan fingerprint density at radius 3 is 2.64 bits per heavy atom. The van der Waals surface area contributed by atoms with Gasteiger partial charge >= 0.3 is 0 Å². The van der Waals surface area contributed by atoms with Gasteiger partial charge in [-0.25, -0.2) is 0 Å². The number of aliphatic hydroxyl groups is 1. The van der Waals surface area contributed by atoms with Crippen molar-refractivity contribution in [1.82, 2.24) is 0 Å². The monoisotopic (exact) mass is 358 g/mol. The number of allylic oxidation sites excluding steroid dienone is 8. The summed E-state index contributed by atoms with van der Waals surface area (Å²) in [5.74, 6) is 0.423. The van der Waals surface area contributed by atoms with Crippen molar-refractivity contribution in [1.29, 1.82) is 0 Å². The van der Waals surface area contributed by atoms with Gasteiger partial charge in [0.25, 0.3) is 0 Å². The Morgan fingerprint density at radius 2 is 2.05 bits per heavy atom. The molecule has 0 saturated carbocycles. The van der Waals surface area contributed by atoms with Gasteiger partial charge in [-0.1, -0.05) is 70.1 Å². The zero-order chi connectivity index (χ0) is 15.8.